The van der Waals surface area contributed by atoms with Gasteiger partial charge in [-0.1, -0.05) is 69.6 Å². The maximum atomic E-state index is 10.7. The predicted molar refractivity (Wildman–Crippen MR) is 128 cm³/mol. The molecule has 0 aliphatic heterocycles. The second kappa shape index (κ2) is 7.65. The number of hydrogen-bond donors (Lipinski definition) is 1. The number of allylic oxidation sites excluding steroid dienone is 5. The SMILES string of the molecule is CC(C)=CCC[C@@H](C)[C@H]1CCC2C3=CC=C4C(C)(C)[C@@H](O)CC[C@]4(C)C3CC[C@@]21C. The molecule has 0 amide bonds. The van der Waals surface area contributed by atoms with Crippen LogP contribution in [-0.4, -0.2) is 11.2 Å². The van der Waals surface area contributed by atoms with Gasteiger partial charge in [0.05, 0.1) is 6.10 Å². The summed E-state index contributed by atoms with van der Waals surface area (Å²) in [7, 11) is 0. The van der Waals surface area contributed by atoms with Crippen LogP contribution in [-0.2, 0) is 0 Å². The first-order valence-electron chi connectivity index (χ1n) is 12.8. The summed E-state index contributed by atoms with van der Waals surface area (Å²) < 4.78 is 0. The molecule has 4 aliphatic carbocycles. The van der Waals surface area contributed by atoms with Crippen molar-refractivity contribution in [3.05, 3.63) is 34.9 Å². The van der Waals surface area contributed by atoms with E-state index in [1.807, 2.05) is 0 Å². The zero-order valence-electron chi connectivity index (χ0n) is 20.7. The zero-order valence-corrected chi connectivity index (χ0v) is 20.7. The lowest BCUT2D eigenvalue weighted by molar-refractivity contribution is -0.0172. The minimum absolute atomic E-state index is 0.0898. The highest BCUT2D eigenvalue weighted by Crippen LogP contribution is 2.67. The van der Waals surface area contributed by atoms with E-state index in [2.05, 4.69) is 66.7 Å². The highest BCUT2D eigenvalue weighted by Gasteiger charge is 2.59. The molecule has 2 unspecified atom stereocenters. The summed E-state index contributed by atoms with van der Waals surface area (Å²) in [6, 6.07) is 0. The summed E-state index contributed by atoms with van der Waals surface area (Å²) in [6.45, 7) is 16.7. The highest BCUT2D eigenvalue weighted by atomic mass is 16.3. The van der Waals surface area contributed by atoms with Crippen LogP contribution in [0.2, 0.25) is 0 Å². The van der Waals surface area contributed by atoms with Gasteiger partial charge in [-0.25, -0.2) is 0 Å². The van der Waals surface area contributed by atoms with Gasteiger partial charge in [-0.2, -0.15) is 0 Å². The van der Waals surface area contributed by atoms with Crippen LogP contribution in [0, 0.1) is 39.9 Å². The molecule has 168 valence electrons. The molecule has 1 N–H and O–H groups in total. The maximum Gasteiger partial charge on any atom is 0.0628 e. The van der Waals surface area contributed by atoms with Gasteiger partial charge in [0, 0.05) is 5.41 Å². The van der Waals surface area contributed by atoms with Gasteiger partial charge < -0.3 is 5.11 Å². The van der Waals surface area contributed by atoms with Crippen molar-refractivity contribution in [2.45, 2.75) is 106 Å². The normalized spacial score (nSPS) is 42.9. The van der Waals surface area contributed by atoms with Gasteiger partial charge in [0.15, 0.2) is 0 Å². The van der Waals surface area contributed by atoms with Gasteiger partial charge in [0.25, 0.3) is 0 Å². The van der Waals surface area contributed by atoms with E-state index < -0.39 is 0 Å². The molecule has 0 heterocycles. The monoisotopic (exact) mass is 410 g/mol. The minimum atomic E-state index is -0.196. The third kappa shape index (κ3) is 3.30. The summed E-state index contributed by atoms with van der Waals surface area (Å²) in [5, 5.41) is 10.7. The molecule has 1 heteroatoms. The Morgan fingerprint density at radius 3 is 2.47 bits per heavy atom. The second-order valence-corrected chi connectivity index (χ2v) is 12.6. The van der Waals surface area contributed by atoms with E-state index in [1.54, 1.807) is 5.57 Å². The fourth-order valence-corrected chi connectivity index (χ4v) is 8.52. The quantitative estimate of drug-likeness (QED) is 0.467. The van der Waals surface area contributed by atoms with E-state index in [0.717, 1.165) is 30.6 Å². The maximum absolute atomic E-state index is 10.7. The minimum Gasteiger partial charge on any atom is -0.392 e. The molecule has 0 radical (unpaired) electrons. The smallest absolute Gasteiger partial charge is 0.0628 e. The first-order chi connectivity index (χ1) is 14.0. The molecular weight excluding hydrogens is 364 g/mol. The number of hydrogen-bond acceptors (Lipinski definition) is 1. The van der Waals surface area contributed by atoms with Crippen molar-refractivity contribution < 1.29 is 5.11 Å². The lowest BCUT2D eigenvalue weighted by Crippen LogP contribution is -2.51. The Kier molecular flexibility index (Phi) is 5.70. The second-order valence-electron chi connectivity index (χ2n) is 12.6. The molecule has 0 bridgehead atoms. The Hall–Kier alpha value is -0.820. The van der Waals surface area contributed by atoms with Crippen LogP contribution < -0.4 is 0 Å². The Labute approximate surface area is 186 Å². The van der Waals surface area contributed by atoms with Crippen molar-refractivity contribution in [2.24, 2.45) is 39.9 Å². The van der Waals surface area contributed by atoms with Gasteiger partial charge in [0.1, 0.15) is 0 Å². The highest BCUT2D eigenvalue weighted by molar-refractivity contribution is 5.41. The van der Waals surface area contributed by atoms with Crippen molar-refractivity contribution in [3.8, 4) is 0 Å². The third-order valence-corrected chi connectivity index (χ3v) is 10.3. The molecular formula is C29H46O. The fourth-order valence-electron chi connectivity index (χ4n) is 8.52. The van der Waals surface area contributed by atoms with Crippen molar-refractivity contribution in [3.63, 3.8) is 0 Å². The molecule has 4 aliphatic rings. The molecule has 1 nitrogen and oxygen atoms in total. The molecule has 0 spiro atoms. The van der Waals surface area contributed by atoms with E-state index in [9.17, 15) is 5.11 Å². The summed E-state index contributed by atoms with van der Waals surface area (Å²) in [6.07, 6.45) is 17.4. The average Bonchev–Trinajstić information content (AvgIpc) is 3.02. The zero-order chi connectivity index (χ0) is 21.9. The third-order valence-electron chi connectivity index (χ3n) is 10.3. The van der Waals surface area contributed by atoms with E-state index in [4.69, 9.17) is 0 Å². The Bertz CT molecular complexity index is 763. The van der Waals surface area contributed by atoms with E-state index >= 15 is 0 Å². The number of fused-ring (bicyclic) bond motifs is 5. The molecule has 7 atom stereocenters. The van der Waals surface area contributed by atoms with Crippen molar-refractivity contribution >= 4 is 0 Å². The Balaban J connectivity index is 1.60. The Morgan fingerprint density at radius 1 is 1.03 bits per heavy atom. The van der Waals surface area contributed by atoms with Crippen LogP contribution in [0.25, 0.3) is 0 Å². The topological polar surface area (TPSA) is 20.2 Å². The summed E-state index contributed by atoms with van der Waals surface area (Å²) >= 11 is 0. The fraction of sp³-hybridized carbons (Fsp3) is 0.793. The van der Waals surface area contributed by atoms with Crippen molar-refractivity contribution in [1.82, 2.24) is 0 Å². The molecule has 0 aromatic rings. The number of aliphatic hydroxyl groups excluding tert-OH is 1. The molecule has 0 aromatic carbocycles. The van der Waals surface area contributed by atoms with E-state index in [0.29, 0.717) is 11.3 Å². The summed E-state index contributed by atoms with van der Waals surface area (Å²) in [5.74, 6) is 3.17. The van der Waals surface area contributed by atoms with Gasteiger partial charge in [-0.05, 0) is 99.7 Å². The predicted octanol–water partition coefficient (Wildman–Crippen LogP) is 7.87. The number of rotatable bonds is 4. The van der Waals surface area contributed by atoms with Crippen LogP contribution >= 0.6 is 0 Å². The first kappa shape index (κ1) is 22.4. The first-order valence-corrected chi connectivity index (χ1v) is 12.8. The van der Waals surface area contributed by atoms with Crippen LogP contribution in [0.1, 0.15) is 99.8 Å². The molecule has 0 saturated heterocycles. The van der Waals surface area contributed by atoms with Crippen LogP contribution in [0.5, 0.6) is 0 Å². The average molecular weight is 411 g/mol. The van der Waals surface area contributed by atoms with Crippen molar-refractivity contribution in [2.75, 3.05) is 0 Å². The summed E-state index contributed by atoms with van der Waals surface area (Å²) in [5.41, 5.74) is 5.41. The van der Waals surface area contributed by atoms with Gasteiger partial charge in [-0.15, -0.1) is 0 Å². The van der Waals surface area contributed by atoms with Gasteiger partial charge in [0.2, 0.25) is 0 Å². The van der Waals surface area contributed by atoms with E-state index in [-0.39, 0.29) is 16.9 Å². The standard InChI is InChI=1S/C29H46O/c1-19(2)9-8-10-20(3)22-12-13-23-21-11-14-25-27(4,5)26(30)16-18-29(25,7)24(21)15-17-28(22,23)6/h9,11,14,20,22-24,26,30H,8,10,12-13,15-18H2,1-7H3/t20-,22-,23?,24?,26+,28-,29-/m1/s1. The van der Waals surface area contributed by atoms with Crippen molar-refractivity contribution in [1.29, 1.82) is 0 Å². The lowest BCUT2D eigenvalue weighted by atomic mass is 9.47. The largest absolute Gasteiger partial charge is 0.392 e. The van der Waals surface area contributed by atoms with Crippen LogP contribution in [0.4, 0.5) is 0 Å². The molecule has 30 heavy (non-hydrogen) atoms. The molecule has 3 saturated carbocycles. The Morgan fingerprint density at radius 2 is 1.77 bits per heavy atom. The van der Waals surface area contributed by atoms with Crippen LogP contribution in [0.3, 0.4) is 0 Å². The van der Waals surface area contributed by atoms with E-state index in [1.165, 1.54) is 49.7 Å². The lowest BCUT2D eigenvalue weighted by Gasteiger charge is -2.58. The van der Waals surface area contributed by atoms with Gasteiger partial charge >= 0.3 is 0 Å². The molecule has 0 aromatic heterocycles. The van der Waals surface area contributed by atoms with Gasteiger partial charge in [-0.3, -0.25) is 0 Å². The summed E-state index contributed by atoms with van der Waals surface area (Å²) in [4.78, 5) is 0. The molecule has 4 rings (SSSR count). The number of aliphatic hydroxyl groups is 1. The molecule has 3 fully saturated rings. The van der Waals surface area contributed by atoms with Crippen LogP contribution in [0.15, 0.2) is 34.9 Å².